The van der Waals surface area contributed by atoms with Crippen LogP contribution in [-0.4, -0.2) is 20.2 Å². The molecule has 0 radical (unpaired) electrons. The minimum absolute atomic E-state index is 0.0501. The Labute approximate surface area is 150 Å². The van der Waals surface area contributed by atoms with Crippen molar-refractivity contribution in [3.05, 3.63) is 93.9 Å². The van der Waals surface area contributed by atoms with E-state index in [1.165, 1.54) is 17.3 Å². The first-order chi connectivity index (χ1) is 12.2. The second-order valence-corrected chi connectivity index (χ2v) is 6.86. The van der Waals surface area contributed by atoms with Crippen LogP contribution in [0, 0.1) is 17.0 Å². The van der Waals surface area contributed by atoms with Gasteiger partial charge in [0.15, 0.2) is 5.82 Å². The molecule has 0 aliphatic carbocycles. The summed E-state index contributed by atoms with van der Waals surface area (Å²) >= 11 is 1.78. The molecule has 0 N–H and O–H groups in total. The standard InChI is InChI=1S/C19H19N3O2S/c1-15-20-14-18(22(23)24)21(15)12-13-25-19(16-8-4-2-5-9-16)17-10-6-3-7-11-17/h2-11,14,19H,12-13H2,1H3. The van der Waals surface area contributed by atoms with Crippen molar-refractivity contribution in [3.8, 4) is 0 Å². The Morgan fingerprint density at radius 3 is 2.16 bits per heavy atom. The number of hydrogen-bond donors (Lipinski definition) is 0. The molecular weight excluding hydrogens is 334 g/mol. The van der Waals surface area contributed by atoms with E-state index < -0.39 is 0 Å². The van der Waals surface area contributed by atoms with E-state index in [4.69, 9.17) is 0 Å². The molecule has 0 atom stereocenters. The summed E-state index contributed by atoms with van der Waals surface area (Å²) in [5.74, 6) is 1.48. The van der Waals surface area contributed by atoms with Crippen LogP contribution in [0.1, 0.15) is 22.2 Å². The SMILES string of the molecule is Cc1ncc([N+](=O)[O-])n1CCSC(c1ccccc1)c1ccccc1. The molecule has 5 nitrogen and oxygen atoms in total. The summed E-state index contributed by atoms with van der Waals surface area (Å²) in [6, 6.07) is 20.7. The number of imidazole rings is 1. The highest BCUT2D eigenvalue weighted by atomic mass is 32.2. The summed E-state index contributed by atoms with van der Waals surface area (Å²) in [6.07, 6.45) is 1.33. The monoisotopic (exact) mass is 353 g/mol. The zero-order chi connectivity index (χ0) is 17.6. The van der Waals surface area contributed by atoms with Gasteiger partial charge < -0.3 is 10.1 Å². The van der Waals surface area contributed by atoms with Crippen molar-refractivity contribution in [3.63, 3.8) is 0 Å². The predicted octanol–water partition coefficient (Wildman–Crippen LogP) is 4.62. The van der Waals surface area contributed by atoms with Crippen LogP contribution >= 0.6 is 11.8 Å². The predicted molar refractivity (Wildman–Crippen MR) is 101 cm³/mol. The average Bonchev–Trinajstić information content (AvgIpc) is 3.01. The summed E-state index contributed by atoms with van der Waals surface area (Å²) in [5.41, 5.74) is 2.46. The Kier molecular flexibility index (Phi) is 5.50. The van der Waals surface area contributed by atoms with E-state index in [9.17, 15) is 10.1 Å². The first-order valence-electron chi connectivity index (χ1n) is 8.05. The van der Waals surface area contributed by atoms with Gasteiger partial charge in [-0.2, -0.15) is 0 Å². The molecule has 0 aliphatic heterocycles. The molecule has 0 saturated carbocycles. The number of aryl methyl sites for hydroxylation is 1. The lowest BCUT2D eigenvalue weighted by Crippen LogP contribution is -2.08. The highest BCUT2D eigenvalue weighted by Crippen LogP contribution is 2.35. The average molecular weight is 353 g/mol. The Morgan fingerprint density at radius 1 is 1.08 bits per heavy atom. The molecule has 3 aromatic rings. The normalized spacial score (nSPS) is 11.0. The highest BCUT2D eigenvalue weighted by molar-refractivity contribution is 7.99. The van der Waals surface area contributed by atoms with Gasteiger partial charge in [0.1, 0.15) is 12.7 Å². The lowest BCUT2D eigenvalue weighted by atomic mass is 10.0. The smallest absolute Gasteiger partial charge is 0.342 e. The van der Waals surface area contributed by atoms with Gasteiger partial charge in [-0.05, 0) is 16.1 Å². The minimum Gasteiger partial charge on any atom is -0.358 e. The molecule has 1 aromatic heterocycles. The summed E-state index contributed by atoms with van der Waals surface area (Å²) in [5, 5.41) is 11.3. The number of hydrogen-bond acceptors (Lipinski definition) is 4. The number of nitro groups is 1. The lowest BCUT2D eigenvalue weighted by molar-refractivity contribution is -0.392. The van der Waals surface area contributed by atoms with Gasteiger partial charge in [-0.15, -0.1) is 11.8 Å². The third-order valence-electron chi connectivity index (χ3n) is 4.03. The topological polar surface area (TPSA) is 61.0 Å². The number of nitrogens with zero attached hydrogens (tertiary/aromatic N) is 3. The molecular formula is C19H19N3O2S. The van der Waals surface area contributed by atoms with E-state index in [-0.39, 0.29) is 16.0 Å². The van der Waals surface area contributed by atoms with Crippen LogP contribution in [0.2, 0.25) is 0 Å². The maximum absolute atomic E-state index is 11.1. The fourth-order valence-electron chi connectivity index (χ4n) is 2.78. The zero-order valence-corrected chi connectivity index (χ0v) is 14.7. The molecule has 3 rings (SSSR count). The van der Waals surface area contributed by atoms with Gasteiger partial charge in [-0.1, -0.05) is 60.7 Å². The fraction of sp³-hybridized carbons (Fsp3) is 0.211. The zero-order valence-electron chi connectivity index (χ0n) is 13.9. The summed E-state index contributed by atoms with van der Waals surface area (Å²) in [4.78, 5) is 14.8. The fourth-order valence-corrected chi connectivity index (χ4v) is 4.00. The molecule has 6 heteroatoms. The van der Waals surface area contributed by atoms with E-state index >= 15 is 0 Å². The Morgan fingerprint density at radius 2 is 1.64 bits per heavy atom. The second kappa shape index (κ2) is 7.98. The molecule has 0 saturated heterocycles. The van der Waals surface area contributed by atoms with Crippen molar-refractivity contribution in [2.24, 2.45) is 0 Å². The van der Waals surface area contributed by atoms with Crippen LogP contribution in [0.25, 0.3) is 0 Å². The van der Waals surface area contributed by atoms with Crippen LogP contribution in [0.15, 0.2) is 66.9 Å². The maximum Gasteiger partial charge on any atom is 0.342 e. The van der Waals surface area contributed by atoms with Crippen LogP contribution < -0.4 is 0 Å². The van der Waals surface area contributed by atoms with Crippen LogP contribution in [0.3, 0.4) is 0 Å². The summed E-state index contributed by atoms with van der Waals surface area (Å²) in [7, 11) is 0. The second-order valence-electron chi connectivity index (χ2n) is 5.64. The van der Waals surface area contributed by atoms with Gasteiger partial charge in [0, 0.05) is 12.7 Å². The van der Waals surface area contributed by atoms with Crippen LogP contribution in [0.5, 0.6) is 0 Å². The first-order valence-corrected chi connectivity index (χ1v) is 9.09. The Balaban J connectivity index is 1.76. The lowest BCUT2D eigenvalue weighted by Gasteiger charge is -2.17. The third kappa shape index (κ3) is 4.09. The number of benzene rings is 2. The van der Waals surface area contributed by atoms with E-state index in [1.807, 2.05) is 36.4 Å². The van der Waals surface area contributed by atoms with E-state index in [0.717, 1.165) is 5.75 Å². The Bertz CT molecular complexity index is 795. The van der Waals surface area contributed by atoms with Crippen molar-refractivity contribution < 1.29 is 4.92 Å². The van der Waals surface area contributed by atoms with Crippen molar-refractivity contribution in [2.75, 3.05) is 5.75 Å². The van der Waals surface area contributed by atoms with Crippen LogP contribution in [-0.2, 0) is 6.54 Å². The van der Waals surface area contributed by atoms with Crippen molar-refractivity contribution in [1.82, 2.24) is 9.55 Å². The number of rotatable bonds is 7. The molecule has 1 heterocycles. The third-order valence-corrected chi connectivity index (χ3v) is 5.32. The van der Waals surface area contributed by atoms with E-state index in [0.29, 0.717) is 12.4 Å². The molecule has 25 heavy (non-hydrogen) atoms. The van der Waals surface area contributed by atoms with Gasteiger partial charge in [-0.25, -0.2) is 9.55 Å². The van der Waals surface area contributed by atoms with Gasteiger partial charge in [0.2, 0.25) is 0 Å². The summed E-state index contributed by atoms with van der Waals surface area (Å²) < 4.78 is 1.67. The van der Waals surface area contributed by atoms with Gasteiger partial charge in [-0.3, -0.25) is 0 Å². The molecule has 0 amide bonds. The molecule has 0 aliphatic rings. The van der Waals surface area contributed by atoms with Crippen molar-refractivity contribution >= 4 is 17.6 Å². The quantitative estimate of drug-likeness (QED) is 0.459. The van der Waals surface area contributed by atoms with Gasteiger partial charge in [0.25, 0.3) is 0 Å². The van der Waals surface area contributed by atoms with Crippen molar-refractivity contribution in [1.29, 1.82) is 0 Å². The number of aromatic nitrogens is 2. The molecule has 0 unspecified atom stereocenters. The molecule has 128 valence electrons. The summed E-state index contributed by atoms with van der Waals surface area (Å²) in [6.45, 7) is 2.35. The highest BCUT2D eigenvalue weighted by Gasteiger charge is 2.19. The van der Waals surface area contributed by atoms with Gasteiger partial charge >= 0.3 is 5.82 Å². The maximum atomic E-state index is 11.1. The van der Waals surface area contributed by atoms with E-state index in [1.54, 1.807) is 23.3 Å². The molecule has 0 bridgehead atoms. The molecule has 0 spiro atoms. The Hall–Kier alpha value is -2.60. The van der Waals surface area contributed by atoms with E-state index in [2.05, 4.69) is 29.2 Å². The minimum atomic E-state index is -0.378. The van der Waals surface area contributed by atoms with Gasteiger partial charge in [0.05, 0.1) is 5.25 Å². The van der Waals surface area contributed by atoms with Crippen LogP contribution in [0.4, 0.5) is 5.82 Å². The molecule has 0 fully saturated rings. The van der Waals surface area contributed by atoms with Crippen molar-refractivity contribution in [2.45, 2.75) is 18.7 Å². The number of thioether (sulfide) groups is 1. The first kappa shape index (κ1) is 17.2. The molecule has 2 aromatic carbocycles. The largest absolute Gasteiger partial charge is 0.358 e.